The molecule has 1 fully saturated rings. The van der Waals surface area contributed by atoms with Crippen LogP contribution in [0.15, 0.2) is 34.6 Å². The predicted octanol–water partition coefficient (Wildman–Crippen LogP) is 4.88. The molecule has 1 aromatic carbocycles. The van der Waals surface area contributed by atoms with Crippen LogP contribution in [0.4, 0.5) is 13.2 Å². The van der Waals surface area contributed by atoms with Crippen LogP contribution in [0, 0.1) is 5.92 Å². The second-order valence-corrected chi connectivity index (χ2v) is 8.57. The number of nitrogens with zero attached hydrogens (tertiary/aromatic N) is 3. The third-order valence-electron chi connectivity index (χ3n) is 5.31. The summed E-state index contributed by atoms with van der Waals surface area (Å²) in [6.07, 6.45) is -1.93. The van der Waals surface area contributed by atoms with Gasteiger partial charge in [-0.05, 0) is 43.0 Å². The molecule has 0 atom stereocenters. The van der Waals surface area contributed by atoms with Crippen molar-refractivity contribution >= 4 is 41.3 Å². The molecule has 10 heteroatoms. The number of alkyl halides is 3. The number of aromatic nitrogens is 1. The minimum absolute atomic E-state index is 0. The predicted molar refractivity (Wildman–Crippen MR) is 130 cm³/mol. The highest BCUT2D eigenvalue weighted by atomic mass is 127. The van der Waals surface area contributed by atoms with Gasteiger partial charge in [0.25, 0.3) is 0 Å². The zero-order chi connectivity index (χ0) is 21.6. The van der Waals surface area contributed by atoms with E-state index < -0.39 is 11.9 Å². The number of hydrogen-bond acceptors (Lipinski definition) is 4. The molecular formula is C21H29F3IN5S. The standard InChI is InChI=1S/C21H28F3N5S.HI/c1-15-7-9-29(10-8-15)13-17-6-4-3-5-16(17)11-26-20(25-2)27-12-19-28-18(14-30-19)21(22,23)24;/h3-6,14-15H,7-13H2,1-2H3,(H2,25,26,27);1H. The maximum absolute atomic E-state index is 12.7. The Morgan fingerprint density at radius 2 is 1.81 bits per heavy atom. The molecule has 1 aromatic heterocycles. The molecule has 1 aliphatic heterocycles. The third-order valence-corrected chi connectivity index (χ3v) is 6.16. The Bertz CT molecular complexity index is 848. The van der Waals surface area contributed by atoms with Gasteiger partial charge >= 0.3 is 6.18 Å². The van der Waals surface area contributed by atoms with Gasteiger partial charge < -0.3 is 10.6 Å². The molecule has 2 N–H and O–H groups in total. The maximum Gasteiger partial charge on any atom is 0.434 e. The molecule has 0 unspecified atom stereocenters. The minimum Gasteiger partial charge on any atom is -0.352 e. The van der Waals surface area contributed by atoms with Crippen molar-refractivity contribution in [2.75, 3.05) is 20.1 Å². The van der Waals surface area contributed by atoms with E-state index in [0.717, 1.165) is 42.3 Å². The fourth-order valence-corrected chi connectivity index (χ4v) is 4.17. The van der Waals surface area contributed by atoms with Crippen molar-refractivity contribution in [3.8, 4) is 0 Å². The number of piperidine rings is 1. The normalized spacial score (nSPS) is 16.1. The quantitative estimate of drug-likeness (QED) is 0.297. The van der Waals surface area contributed by atoms with Gasteiger partial charge in [0, 0.05) is 25.5 Å². The fourth-order valence-electron chi connectivity index (χ4n) is 3.43. The number of likely N-dealkylation sites (tertiary alicyclic amines) is 1. The number of halogens is 4. The van der Waals surface area contributed by atoms with Crippen LogP contribution in [0.5, 0.6) is 0 Å². The van der Waals surface area contributed by atoms with Gasteiger partial charge in [0.05, 0.1) is 6.54 Å². The van der Waals surface area contributed by atoms with Crippen LogP contribution in [0.1, 0.15) is 41.6 Å². The monoisotopic (exact) mass is 567 g/mol. The van der Waals surface area contributed by atoms with E-state index >= 15 is 0 Å². The van der Waals surface area contributed by atoms with E-state index in [-0.39, 0.29) is 30.5 Å². The maximum atomic E-state index is 12.7. The molecule has 2 heterocycles. The van der Waals surface area contributed by atoms with Crippen molar-refractivity contribution in [3.63, 3.8) is 0 Å². The summed E-state index contributed by atoms with van der Waals surface area (Å²) in [5.74, 6) is 1.33. The number of nitrogens with one attached hydrogen (secondary N) is 2. The van der Waals surface area contributed by atoms with Gasteiger partial charge in [-0.2, -0.15) is 13.2 Å². The highest BCUT2D eigenvalue weighted by Crippen LogP contribution is 2.29. The Balaban J connectivity index is 0.00000341. The first kappa shape index (κ1) is 25.9. The highest BCUT2D eigenvalue weighted by Gasteiger charge is 2.33. The molecule has 0 amide bonds. The van der Waals surface area contributed by atoms with E-state index in [1.165, 1.54) is 24.0 Å². The molecule has 0 spiro atoms. The summed E-state index contributed by atoms with van der Waals surface area (Å²) in [5.41, 5.74) is 1.62. The van der Waals surface area contributed by atoms with E-state index in [1.54, 1.807) is 7.05 Å². The summed E-state index contributed by atoms with van der Waals surface area (Å²) < 4.78 is 38.1. The van der Waals surface area contributed by atoms with Crippen molar-refractivity contribution in [1.29, 1.82) is 0 Å². The zero-order valence-corrected chi connectivity index (χ0v) is 20.9. The molecule has 3 rings (SSSR count). The highest BCUT2D eigenvalue weighted by molar-refractivity contribution is 14.0. The lowest BCUT2D eigenvalue weighted by Gasteiger charge is -2.30. The van der Waals surface area contributed by atoms with Crippen molar-refractivity contribution in [2.24, 2.45) is 10.9 Å². The number of benzene rings is 1. The Hall–Kier alpha value is -1.40. The number of rotatable bonds is 6. The van der Waals surface area contributed by atoms with Gasteiger partial charge in [-0.25, -0.2) is 4.98 Å². The largest absolute Gasteiger partial charge is 0.434 e. The van der Waals surface area contributed by atoms with Crippen LogP contribution < -0.4 is 10.6 Å². The summed E-state index contributed by atoms with van der Waals surface area (Å²) in [4.78, 5) is 10.3. The van der Waals surface area contributed by atoms with Crippen molar-refractivity contribution < 1.29 is 13.2 Å². The van der Waals surface area contributed by atoms with Crippen LogP contribution >= 0.6 is 35.3 Å². The number of thiazole rings is 1. The second kappa shape index (κ2) is 12.0. The molecule has 2 aromatic rings. The molecule has 0 saturated carbocycles. The summed E-state index contributed by atoms with van der Waals surface area (Å²) in [6, 6.07) is 8.32. The number of guanidine groups is 1. The molecule has 0 bridgehead atoms. The molecule has 0 aliphatic carbocycles. The molecule has 172 valence electrons. The molecule has 1 aliphatic rings. The SMILES string of the molecule is CN=C(NCc1nc(C(F)(F)F)cs1)NCc1ccccc1CN1CCC(C)CC1.I. The molecule has 1 saturated heterocycles. The Labute approximate surface area is 202 Å². The number of hydrogen-bond donors (Lipinski definition) is 2. The first-order valence-corrected chi connectivity index (χ1v) is 11.0. The van der Waals surface area contributed by atoms with Gasteiger partial charge in [0.2, 0.25) is 0 Å². The van der Waals surface area contributed by atoms with Crippen molar-refractivity contribution in [2.45, 2.75) is 45.6 Å². The van der Waals surface area contributed by atoms with Crippen LogP contribution in [0.3, 0.4) is 0 Å². The molecule has 5 nitrogen and oxygen atoms in total. The Morgan fingerprint density at radius 3 is 2.42 bits per heavy atom. The van der Waals surface area contributed by atoms with Crippen LogP contribution in [-0.4, -0.2) is 36.0 Å². The van der Waals surface area contributed by atoms with E-state index in [4.69, 9.17) is 0 Å². The lowest BCUT2D eigenvalue weighted by atomic mass is 9.98. The van der Waals surface area contributed by atoms with Gasteiger partial charge in [-0.3, -0.25) is 9.89 Å². The van der Waals surface area contributed by atoms with Crippen molar-refractivity contribution in [3.05, 3.63) is 51.5 Å². The average molecular weight is 567 g/mol. The van der Waals surface area contributed by atoms with E-state index in [1.807, 2.05) is 6.07 Å². The van der Waals surface area contributed by atoms with Gasteiger partial charge in [-0.15, -0.1) is 35.3 Å². The Kier molecular flexibility index (Phi) is 10.0. The molecule has 0 radical (unpaired) electrons. The molecule has 31 heavy (non-hydrogen) atoms. The minimum atomic E-state index is -4.41. The van der Waals surface area contributed by atoms with Crippen LogP contribution in [0.25, 0.3) is 0 Å². The molecular weight excluding hydrogens is 538 g/mol. The third kappa shape index (κ3) is 7.90. The van der Waals surface area contributed by atoms with Crippen LogP contribution in [-0.2, 0) is 25.8 Å². The Morgan fingerprint density at radius 1 is 1.16 bits per heavy atom. The zero-order valence-electron chi connectivity index (χ0n) is 17.7. The van der Waals surface area contributed by atoms with E-state index in [0.29, 0.717) is 17.5 Å². The average Bonchev–Trinajstić information content (AvgIpc) is 3.20. The van der Waals surface area contributed by atoms with Crippen molar-refractivity contribution in [1.82, 2.24) is 20.5 Å². The lowest BCUT2D eigenvalue weighted by molar-refractivity contribution is -0.140. The van der Waals surface area contributed by atoms with E-state index in [9.17, 15) is 13.2 Å². The first-order valence-electron chi connectivity index (χ1n) is 10.1. The van der Waals surface area contributed by atoms with Gasteiger partial charge in [-0.1, -0.05) is 31.2 Å². The van der Waals surface area contributed by atoms with E-state index in [2.05, 4.69) is 50.6 Å². The number of aliphatic imine (C=N–C) groups is 1. The second-order valence-electron chi connectivity index (χ2n) is 7.63. The fraction of sp³-hybridized carbons (Fsp3) is 0.524. The topological polar surface area (TPSA) is 52.6 Å². The lowest BCUT2D eigenvalue weighted by Crippen LogP contribution is -2.37. The van der Waals surface area contributed by atoms with Gasteiger partial charge in [0.15, 0.2) is 11.7 Å². The summed E-state index contributed by atoms with van der Waals surface area (Å²) in [5, 5.41) is 7.69. The summed E-state index contributed by atoms with van der Waals surface area (Å²) in [6.45, 7) is 6.26. The van der Waals surface area contributed by atoms with Gasteiger partial charge in [0.1, 0.15) is 5.01 Å². The summed E-state index contributed by atoms with van der Waals surface area (Å²) in [7, 11) is 1.64. The first-order chi connectivity index (χ1) is 14.3. The summed E-state index contributed by atoms with van der Waals surface area (Å²) >= 11 is 0.983. The smallest absolute Gasteiger partial charge is 0.352 e. The van der Waals surface area contributed by atoms with Crippen LogP contribution in [0.2, 0.25) is 0 Å².